The molecule has 1 aromatic heterocycles. The fourth-order valence-corrected chi connectivity index (χ4v) is 4.74. The summed E-state index contributed by atoms with van der Waals surface area (Å²) in [7, 11) is 1.37. The van der Waals surface area contributed by atoms with Gasteiger partial charge in [-0.2, -0.15) is 0 Å². The second-order valence-corrected chi connectivity index (χ2v) is 8.57. The third-order valence-corrected chi connectivity index (χ3v) is 6.12. The predicted molar refractivity (Wildman–Crippen MR) is 114 cm³/mol. The number of piperidine rings is 1. The number of benzene rings is 1. The molecule has 0 spiro atoms. The number of carbonyl (C=O) groups is 2. The minimum Gasteiger partial charge on any atom is -0.465 e. The van der Waals surface area contributed by atoms with Crippen molar-refractivity contribution in [1.82, 2.24) is 4.90 Å². The summed E-state index contributed by atoms with van der Waals surface area (Å²) in [5.41, 5.74) is 4.42. The van der Waals surface area contributed by atoms with Crippen LogP contribution in [0.2, 0.25) is 0 Å². The van der Waals surface area contributed by atoms with Crippen LogP contribution in [0.5, 0.6) is 0 Å². The summed E-state index contributed by atoms with van der Waals surface area (Å²) in [6.45, 7) is 8.49. The molecule has 1 aliphatic rings. The van der Waals surface area contributed by atoms with Gasteiger partial charge in [0.15, 0.2) is 0 Å². The van der Waals surface area contributed by atoms with Crippen molar-refractivity contribution in [2.24, 2.45) is 5.92 Å². The summed E-state index contributed by atoms with van der Waals surface area (Å²) in [6.07, 6.45) is 2.34. The van der Waals surface area contributed by atoms with Crippen LogP contribution in [0.4, 0.5) is 5.00 Å². The van der Waals surface area contributed by atoms with Crippen molar-refractivity contribution in [3.05, 3.63) is 40.3 Å². The standard InChI is InChI=1S/C22H28N2O3S/c1-14-7-8-16(3)17(10-14)18-13-28-21(20(18)22(26)27-4)23-19(25)12-24-9-5-6-15(2)11-24/h7-8,10,13,15H,5-6,9,11-12H2,1-4H3,(H,23,25). The van der Waals surface area contributed by atoms with Gasteiger partial charge in [-0.05, 0) is 50.3 Å². The lowest BCUT2D eigenvalue weighted by Gasteiger charge is -2.30. The first kappa shape index (κ1) is 20.6. The van der Waals surface area contributed by atoms with Gasteiger partial charge in [-0.1, -0.05) is 30.7 Å². The fourth-order valence-electron chi connectivity index (χ4n) is 3.78. The predicted octanol–water partition coefficient (Wildman–Crippen LogP) is 4.49. The second kappa shape index (κ2) is 8.88. The van der Waals surface area contributed by atoms with E-state index in [1.807, 2.05) is 31.4 Å². The first-order valence-corrected chi connectivity index (χ1v) is 10.6. The highest BCUT2D eigenvalue weighted by Gasteiger charge is 2.24. The molecular formula is C22H28N2O3S. The van der Waals surface area contributed by atoms with Crippen LogP contribution in [0.3, 0.4) is 0 Å². The number of thiophene rings is 1. The van der Waals surface area contributed by atoms with E-state index in [1.54, 1.807) is 0 Å². The van der Waals surface area contributed by atoms with E-state index in [2.05, 4.69) is 23.2 Å². The molecule has 1 aliphatic heterocycles. The van der Waals surface area contributed by atoms with E-state index in [1.165, 1.54) is 24.9 Å². The Balaban J connectivity index is 1.85. The maximum absolute atomic E-state index is 12.6. The molecule has 2 aromatic rings. The van der Waals surface area contributed by atoms with Gasteiger partial charge in [-0.3, -0.25) is 9.69 Å². The first-order valence-electron chi connectivity index (χ1n) is 9.68. The van der Waals surface area contributed by atoms with Crippen LogP contribution in [0.15, 0.2) is 23.6 Å². The molecule has 3 rings (SSSR count). The number of nitrogens with one attached hydrogen (secondary N) is 1. The van der Waals surface area contributed by atoms with Crippen molar-refractivity contribution in [2.75, 3.05) is 32.1 Å². The van der Waals surface area contributed by atoms with E-state index in [-0.39, 0.29) is 5.91 Å². The molecule has 28 heavy (non-hydrogen) atoms. The maximum atomic E-state index is 12.6. The topological polar surface area (TPSA) is 58.6 Å². The number of rotatable bonds is 5. The monoisotopic (exact) mass is 400 g/mol. The number of ether oxygens (including phenoxy) is 1. The molecule has 150 valence electrons. The third-order valence-electron chi connectivity index (χ3n) is 5.23. The van der Waals surface area contributed by atoms with Crippen LogP contribution in [0, 0.1) is 19.8 Å². The zero-order chi connectivity index (χ0) is 20.3. The summed E-state index contributed by atoms with van der Waals surface area (Å²) in [5.74, 6) is 0.0949. The number of aryl methyl sites for hydroxylation is 2. The Kier molecular flexibility index (Phi) is 6.52. The number of esters is 1. The molecule has 1 amide bonds. The molecule has 1 unspecified atom stereocenters. The molecule has 1 aromatic carbocycles. The van der Waals surface area contributed by atoms with Gasteiger partial charge >= 0.3 is 5.97 Å². The molecule has 6 heteroatoms. The summed E-state index contributed by atoms with van der Waals surface area (Å²) in [4.78, 5) is 27.3. The number of anilines is 1. The lowest BCUT2D eigenvalue weighted by Crippen LogP contribution is -2.39. The third kappa shape index (κ3) is 4.62. The Bertz CT molecular complexity index is 875. The molecule has 0 bridgehead atoms. The smallest absolute Gasteiger partial charge is 0.341 e. The molecular weight excluding hydrogens is 372 g/mol. The van der Waals surface area contributed by atoms with Gasteiger partial charge < -0.3 is 10.1 Å². The number of likely N-dealkylation sites (tertiary alicyclic amines) is 1. The zero-order valence-electron chi connectivity index (χ0n) is 17.0. The summed E-state index contributed by atoms with van der Waals surface area (Å²) >= 11 is 1.37. The van der Waals surface area contributed by atoms with Crippen LogP contribution in [-0.2, 0) is 9.53 Å². The number of carbonyl (C=O) groups excluding carboxylic acids is 2. The van der Waals surface area contributed by atoms with Crippen LogP contribution in [0.1, 0.15) is 41.3 Å². The minimum absolute atomic E-state index is 0.0892. The lowest BCUT2D eigenvalue weighted by molar-refractivity contribution is -0.117. The average Bonchev–Trinajstić information content (AvgIpc) is 3.06. The largest absolute Gasteiger partial charge is 0.465 e. The molecule has 0 aliphatic carbocycles. The molecule has 0 radical (unpaired) electrons. The van der Waals surface area contributed by atoms with Crippen molar-refractivity contribution >= 4 is 28.2 Å². The average molecular weight is 401 g/mol. The van der Waals surface area contributed by atoms with Crippen molar-refractivity contribution in [2.45, 2.75) is 33.6 Å². The van der Waals surface area contributed by atoms with E-state index in [4.69, 9.17) is 4.74 Å². The van der Waals surface area contributed by atoms with Crippen LogP contribution in [-0.4, -0.2) is 43.5 Å². The number of methoxy groups -OCH3 is 1. The molecule has 1 N–H and O–H groups in total. The normalized spacial score (nSPS) is 17.4. The van der Waals surface area contributed by atoms with Crippen LogP contribution < -0.4 is 5.32 Å². The molecule has 5 nitrogen and oxygen atoms in total. The number of amides is 1. The van der Waals surface area contributed by atoms with Gasteiger partial charge in [0.05, 0.1) is 13.7 Å². The quantitative estimate of drug-likeness (QED) is 0.752. The second-order valence-electron chi connectivity index (χ2n) is 7.69. The Morgan fingerprint density at radius 2 is 2.07 bits per heavy atom. The number of nitrogens with zero attached hydrogens (tertiary/aromatic N) is 1. The zero-order valence-corrected chi connectivity index (χ0v) is 17.8. The van der Waals surface area contributed by atoms with Gasteiger partial charge in [0.25, 0.3) is 0 Å². The fraction of sp³-hybridized carbons (Fsp3) is 0.455. The highest BCUT2D eigenvalue weighted by atomic mass is 32.1. The van der Waals surface area contributed by atoms with E-state index in [0.717, 1.165) is 41.8 Å². The van der Waals surface area contributed by atoms with Gasteiger partial charge in [0.2, 0.25) is 5.91 Å². The maximum Gasteiger partial charge on any atom is 0.341 e. The Morgan fingerprint density at radius 1 is 1.29 bits per heavy atom. The van der Waals surface area contributed by atoms with E-state index in [9.17, 15) is 9.59 Å². The van der Waals surface area contributed by atoms with Crippen molar-refractivity contribution in [1.29, 1.82) is 0 Å². The summed E-state index contributed by atoms with van der Waals surface area (Å²) < 4.78 is 5.02. The Labute approximate surface area is 170 Å². The van der Waals surface area contributed by atoms with Gasteiger partial charge in [-0.15, -0.1) is 11.3 Å². The molecule has 0 saturated carbocycles. The van der Waals surface area contributed by atoms with Gasteiger partial charge in [0.1, 0.15) is 10.6 Å². The van der Waals surface area contributed by atoms with E-state index >= 15 is 0 Å². The lowest BCUT2D eigenvalue weighted by atomic mass is 9.97. The molecule has 2 heterocycles. The minimum atomic E-state index is -0.431. The SMILES string of the molecule is COC(=O)c1c(-c2cc(C)ccc2C)csc1NC(=O)CN1CCCC(C)C1. The van der Waals surface area contributed by atoms with E-state index in [0.29, 0.717) is 23.0 Å². The highest BCUT2D eigenvalue weighted by molar-refractivity contribution is 7.15. The summed E-state index contributed by atoms with van der Waals surface area (Å²) in [5, 5.41) is 5.43. The van der Waals surface area contributed by atoms with Crippen molar-refractivity contribution < 1.29 is 14.3 Å². The van der Waals surface area contributed by atoms with Crippen LogP contribution in [0.25, 0.3) is 11.1 Å². The Hall–Kier alpha value is -2.18. The number of hydrogen-bond acceptors (Lipinski definition) is 5. The first-order chi connectivity index (χ1) is 13.4. The van der Waals surface area contributed by atoms with Gasteiger partial charge in [-0.25, -0.2) is 4.79 Å². The highest BCUT2D eigenvalue weighted by Crippen LogP contribution is 2.38. The Morgan fingerprint density at radius 3 is 2.79 bits per heavy atom. The number of hydrogen-bond donors (Lipinski definition) is 1. The van der Waals surface area contributed by atoms with E-state index < -0.39 is 5.97 Å². The van der Waals surface area contributed by atoms with Crippen molar-refractivity contribution in [3.63, 3.8) is 0 Å². The molecule has 1 atom stereocenters. The molecule has 1 saturated heterocycles. The molecule has 1 fully saturated rings. The van der Waals surface area contributed by atoms with Gasteiger partial charge in [0, 0.05) is 17.5 Å². The van der Waals surface area contributed by atoms with Crippen molar-refractivity contribution in [3.8, 4) is 11.1 Å². The van der Waals surface area contributed by atoms with Crippen LogP contribution >= 0.6 is 11.3 Å². The summed E-state index contributed by atoms with van der Waals surface area (Å²) in [6, 6.07) is 6.15.